The molecule has 2 nitrogen and oxygen atoms in total. The molecule has 0 aliphatic heterocycles. The average molecular weight is 330 g/mol. The van der Waals surface area contributed by atoms with Gasteiger partial charge in [-0.1, -0.05) is 6.07 Å². The molecule has 0 saturated carbocycles. The molecule has 0 spiro atoms. The lowest BCUT2D eigenvalue weighted by molar-refractivity contribution is 0.110. The summed E-state index contributed by atoms with van der Waals surface area (Å²) in [5.74, 6) is 1.02. The van der Waals surface area contributed by atoms with Gasteiger partial charge >= 0.3 is 0 Å². The highest BCUT2D eigenvalue weighted by atomic mass is 79.9. The van der Waals surface area contributed by atoms with E-state index in [2.05, 4.69) is 31.9 Å². The molecular formula is C11H6Br2O2. The molecule has 4 heteroatoms. The van der Waals surface area contributed by atoms with Crippen molar-refractivity contribution in [3.63, 3.8) is 0 Å². The molecule has 1 aromatic heterocycles. The van der Waals surface area contributed by atoms with Crippen LogP contribution >= 0.6 is 31.9 Å². The summed E-state index contributed by atoms with van der Waals surface area (Å²) in [7, 11) is 0. The molecule has 2 aromatic rings. The minimum atomic E-state index is 0.337. The lowest BCUT2D eigenvalue weighted by Crippen LogP contribution is -1.75. The highest BCUT2D eigenvalue weighted by Gasteiger charge is 2.05. The molecule has 2 rings (SSSR count). The maximum Gasteiger partial charge on any atom is 0.185 e. The SMILES string of the molecule is O=Cc1ccc(-c2ccc(Br)c(Br)c2)o1. The van der Waals surface area contributed by atoms with Crippen LogP contribution in [0.1, 0.15) is 10.6 Å². The van der Waals surface area contributed by atoms with Gasteiger partial charge in [0, 0.05) is 14.5 Å². The Morgan fingerprint density at radius 2 is 1.87 bits per heavy atom. The summed E-state index contributed by atoms with van der Waals surface area (Å²) in [4.78, 5) is 10.5. The Bertz CT molecular complexity index is 503. The summed E-state index contributed by atoms with van der Waals surface area (Å²) < 4.78 is 7.24. The molecule has 0 N–H and O–H groups in total. The molecule has 0 unspecified atom stereocenters. The number of hydrogen-bond acceptors (Lipinski definition) is 2. The van der Waals surface area contributed by atoms with Gasteiger partial charge < -0.3 is 4.42 Å². The fraction of sp³-hybridized carbons (Fsp3) is 0. The van der Waals surface area contributed by atoms with Crippen molar-refractivity contribution in [2.24, 2.45) is 0 Å². The molecule has 0 amide bonds. The fourth-order valence-corrected chi connectivity index (χ4v) is 1.85. The Hall–Kier alpha value is -0.870. The van der Waals surface area contributed by atoms with E-state index in [9.17, 15) is 4.79 Å². The fourth-order valence-electron chi connectivity index (χ4n) is 1.22. The lowest BCUT2D eigenvalue weighted by Gasteiger charge is -1.99. The van der Waals surface area contributed by atoms with E-state index in [1.807, 2.05) is 18.2 Å². The first-order chi connectivity index (χ1) is 7.20. The number of carbonyl (C=O) groups excluding carboxylic acids is 1. The monoisotopic (exact) mass is 328 g/mol. The molecule has 0 aliphatic rings. The summed E-state index contributed by atoms with van der Waals surface area (Å²) >= 11 is 6.80. The molecule has 0 bridgehead atoms. The van der Waals surface area contributed by atoms with Crippen LogP contribution in [0.5, 0.6) is 0 Å². The van der Waals surface area contributed by atoms with Crippen LogP contribution in [-0.2, 0) is 0 Å². The summed E-state index contributed by atoms with van der Waals surface area (Å²) in [6.07, 6.45) is 0.692. The van der Waals surface area contributed by atoms with Crippen LogP contribution in [0.15, 0.2) is 43.7 Å². The number of halogens is 2. The third-order valence-electron chi connectivity index (χ3n) is 1.95. The minimum Gasteiger partial charge on any atom is -0.453 e. The number of aldehydes is 1. The number of furan rings is 1. The quantitative estimate of drug-likeness (QED) is 0.769. The van der Waals surface area contributed by atoms with Crippen LogP contribution in [0.2, 0.25) is 0 Å². The average Bonchev–Trinajstić information content (AvgIpc) is 2.70. The number of hydrogen-bond donors (Lipinski definition) is 0. The summed E-state index contributed by atoms with van der Waals surface area (Å²) in [5, 5.41) is 0. The van der Waals surface area contributed by atoms with E-state index in [0.29, 0.717) is 17.8 Å². The first-order valence-electron chi connectivity index (χ1n) is 4.21. The predicted octanol–water partition coefficient (Wildman–Crippen LogP) is 4.28. The molecule has 0 aliphatic carbocycles. The van der Waals surface area contributed by atoms with E-state index >= 15 is 0 Å². The Balaban J connectivity index is 2.44. The van der Waals surface area contributed by atoms with Crippen molar-refractivity contribution >= 4 is 38.1 Å². The molecule has 1 heterocycles. The standard InChI is InChI=1S/C11H6Br2O2/c12-9-3-1-7(5-10(9)13)11-4-2-8(6-14)15-11/h1-6H. The summed E-state index contributed by atoms with van der Waals surface area (Å²) in [5.41, 5.74) is 0.929. The maximum atomic E-state index is 10.5. The van der Waals surface area contributed by atoms with Crippen molar-refractivity contribution in [1.29, 1.82) is 0 Å². The van der Waals surface area contributed by atoms with Crippen LogP contribution in [0.25, 0.3) is 11.3 Å². The van der Waals surface area contributed by atoms with Crippen molar-refractivity contribution in [1.82, 2.24) is 0 Å². The van der Waals surface area contributed by atoms with Gasteiger partial charge in [0.15, 0.2) is 12.0 Å². The number of rotatable bonds is 2. The smallest absolute Gasteiger partial charge is 0.185 e. The van der Waals surface area contributed by atoms with E-state index in [1.54, 1.807) is 12.1 Å². The van der Waals surface area contributed by atoms with Gasteiger partial charge in [0.2, 0.25) is 0 Å². The van der Waals surface area contributed by atoms with E-state index < -0.39 is 0 Å². The third kappa shape index (κ3) is 2.21. The zero-order valence-electron chi connectivity index (χ0n) is 7.54. The lowest BCUT2D eigenvalue weighted by atomic mass is 10.2. The van der Waals surface area contributed by atoms with Crippen LogP contribution in [0, 0.1) is 0 Å². The molecule has 1 aromatic carbocycles. The first-order valence-corrected chi connectivity index (χ1v) is 5.80. The van der Waals surface area contributed by atoms with E-state index in [1.165, 1.54) is 0 Å². The molecular weight excluding hydrogens is 324 g/mol. The second-order valence-corrected chi connectivity index (χ2v) is 4.66. The van der Waals surface area contributed by atoms with Gasteiger partial charge in [-0.3, -0.25) is 4.79 Å². The van der Waals surface area contributed by atoms with Gasteiger partial charge in [-0.25, -0.2) is 0 Å². The van der Waals surface area contributed by atoms with Gasteiger partial charge in [0.1, 0.15) is 5.76 Å². The van der Waals surface area contributed by atoms with E-state index in [0.717, 1.165) is 14.5 Å². The minimum absolute atomic E-state index is 0.337. The molecule has 0 radical (unpaired) electrons. The number of benzene rings is 1. The highest BCUT2D eigenvalue weighted by molar-refractivity contribution is 9.13. The van der Waals surface area contributed by atoms with Crippen LogP contribution in [0.4, 0.5) is 0 Å². The first kappa shape index (κ1) is 10.6. The van der Waals surface area contributed by atoms with Gasteiger partial charge in [-0.15, -0.1) is 0 Å². The zero-order chi connectivity index (χ0) is 10.8. The van der Waals surface area contributed by atoms with Crippen molar-refractivity contribution < 1.29 is 9.21 Å². The second kappa shape index (κ2) is 4.33. The molecule has 76 valence electrons. The zero-order valence-corrected chi connectivity index (χ0v) is 10.7. The molecule has 0 fully saturated rings. The van der Waals surface area contributed by atoms with Crippen molar-refractivity contribution in [2.75, 3.05) is 0 Å². The Morgan fingerprint density at radius 1 is 1.07 bits per heavy atom. The Kier molecular flexibility index (Phi) is 3.07. The van der Waals surface area contributed by atoms with Gasteiger partial charge in [-0.2, -0.15) is 0 Å². The van der Waals surface area contributed by atoms with Crippen LogP contribution < -0.4 is 0 Å². The topological polar surface area (TPSA) is 30.2 Å². The van der Waals surface area contributed by atoms with E-state index in [-0.39, 0.29) is 0 Å². The largest absolute Gasteiger partial charge is 0.453 e. The molecule has 0 atom stereocenters. The van der Waals surface area contributed by atoms with Crippen molar-refractivity contribution in [2.45, 2.75) is 0 Å². The van der Waals surface area contributed by atoms with Crippen molar-refractivity contribution in [3.8, 4) is 11.3 Å². The predicted molar refractivity (Wildman–Crippen MR) is 64.9 cm³/mol. The Morgan fingerprint density at radius 3 is 2.47 bits per heavy atom. The van der Waals surface area contributed by atoms with Crippen LogP contribution in [-0.4, -0.2) is 6.29 Å². The van der Waals surface area contributed by atoms with Gasteiger partial charge in [0.05, 0.1) is 0 Å². The summed E-state index contributed by atoms with van der Waals surface area (Å²) in [6.45, 7) is 0. The Labute approximate surface area is 104 Å². The van der Waals surface area contributed by atoms with Gasteiger partial charge in [-0.05, 0) is 56.1 Å². The maximum absolute atomic E-state index is 10.5. The highest BCUT2D eigenvalue weighted by Crippen LogP contribution is 2.29. The normalized spacial score (nSPS) is 10.3. The molecule has 0 saturated heterocycles. The second-order valence-electron chi connectivity index (χ2n) is 2.95. The number of carbonyl (C=O) groups is 1. The molecule has 15 heavy (non-hydrogen) atoms. The van der Waals surface area contributed by atoms with E-state index in [4.69, 9.17) is 4.42 Å². The summed E-state index contributed by atoms with van der Waals surface area (Å²) in [6, 6.07) is 9.19. The van der Waals surface area contributed by atoms with Crippen molar-refractivity contribution in [3.05, 3.63) is 45.0 Å². The van der Waals surface area contributed by atoms with Crippen LogP contribution in [0.3, 0.4) is 0 Å². The third-order valence-corrected chi connectivity index (χ3v) is 3.83. The van der Waals surface area contributed by atoms with Gasteiger partial charge in [0.25, 0.3) is 0 Å².